The minimum absolute atomic E-state index is 0.778. The van der Waals surface area contributed by atoms with Gasteiger partial charge in [0.15, 0.2) is 0 Å². The van der Waals surface area contributed by atoms with E-state index in [-0.39, 0.29) is 0 Å². The van der Waals surface area contributed by atoms with Crippen molar-refractivity contribution in [2.45, 2.75) is 19.8 Å². The molecule has 3 nitrogen and oxygen atoms in total. The smallest absolute Gasteiger partial charge is 0.0858 e. The fraction of sp³-hybridized carbons (Fsp3) is 0.250. The number of nitrogens with zero attached hydrogens (tertiary/aromatic N) is 2. The largest absolute Gasteiger partial charge is 0.396 e. The number of aryl methyl sites for hydroxylation is 1. The Balaban J connectivity index is 2.34. The molecule has 3 heteroatoms. The summed E-state index contributed by atoms with van der Waals surface area (Å²) in [5.74, 6) is 0. The molecule has 1 aromatic heterocycles. The third-order valence-corrected chi connectivity index (χ3v) is 2.33. The van der Waals surface area contributed by atoms with Crippen molar-refractivity contribution < 1.29 is 0 Å². The number of hydrogen-bond donors (Lipinski definition) is 1. The Morgan fingerprint density at radius 1 is 1.27 bits per heavy atom. The zero-order chi connectivity index (χ0) is 10.7. The highest BCUT2D eigenvalue weighted by Gasteiger charge is 2.05. The van der Waals surface area contributed by atoms with Crippen molar-refractivity contribution in [3.63, 3.8) is 0 Å². The highest BCUT2D eigenvalue weighted by molar-refractivity contribution is 5.44. The van der Waals surface area contributed by atoms with Crippen LogP contribution in [0.1, 0.15) is 19.0 Å². The molecular formula is C12H15N3. The maximum atomic E-state index is 5.88. The average Bonchev–Trinajstić information content (AvgIpc) is 2.63. The number of para-hydroxylation sites is 1. The molecule has 1 heterocycles. The van der Waals surface area contributed by atoms with Crippen molar-refractivity contribution in [1.82, 2.24) is 9.78 Å². The fourth-order valence-electron chi connectivity index (χ4n) is 1.57. The van der Waals surface area contributed by atoms with Gasteiger partial charge in [0, 0.05) is 0 Å². The van der Waals surface area contributed by atoms with Gasteiger partial charge < -0.3 is 5.73 Å². The lowest BCUT2D eigenvalue weighted by Gasteiger charge is -1.98. The average molecular weight is 201 g/mol. The van der Waals surface area contributed by atoms with Crippen LogP contribution < -0.4 is 5.73 Å². The summed E-state index contributed by atoms with van der Waals surface area (Å²) in [6.07, 6.45) is 3.88. The summed E-state index contributed by atoms with van der Waals surface area (Å²) < 4.78 is 1.83. The molecule has 0 unspecified atom stereocenters. The van der Waals surface area contributed by atoms with E-state index in [1.807, 2.05) is 41.2 Å². The molecule has 1 aromatic carbocycles. The lowest BCUT2D eigenvalue weighted by atomic mass is 10.2. The standard InChI is InChI=1S/C12H15N3/c1-2-6-12-11(13)9-15(14-12)10-7-4-3-5-8-10/h3-5,7-9H,2,6,13H2,1H3. The zero-order valence-corrected chi connectivity index (χ0v) is 8.85. The Hall–Kier alpha value is -1.77. The predicted octanol–water partition coefficient (Wildman–Crippen LogP) is 2.41. The number of aromatic nitrogens is 2. The SMILES string of the molecule is CCCc1nn(-c2ccccc2)cc1N. The molecule has 0 atom stereocenters. The molecule has 0 radical (unpaired) electrons. The van der Waals surface area contributed by atoms with E-state index >= 15 is 0 Å². The van der Waals surface area contributed by atoms with Crippen molar-refractivity contribution in [2.75, 3.05) is 5.73 Å². The molecule has 0 saturated heterocycles. The van der Waals surface area contributed by atoms with Gasteiger partial charge >= 0.3 is 0 Å². The highest BCUT2D eigenvalue weighted by atomic mass is 15.3. The Kier molecular flexibility index (Phi) is 2.72. The summed E-state index contributed by atoms with van der Waals surface area (Å²) in [6, 6.07) is 10.0. The summed E-state index contributed by atoms with van der Waals surface area (Å²) in [5, 5.41) is 4.46. The molecule has 2 aromatic rings. The molecule has 0 aliphatic carbocycles. The number of nitrogen functional groups attached to an aromatic ring is 1. The molecule has 0 spiro atoms. The summed E-state index contributed by atoms with van der Waals surface area (Å²) in [6.45, 7) is 2.13. The summed E-state index contributed by atoms with van der Waals surface area (Å²) in [7, 11) is 0. The van der Waals surface area contributed by atoms with E-state index in [2.05, 4.69) is 12.0 Å². The monoisotopic (exact) mass is 201 g/mol. The van der Waals surface area contributed by atoms with Crippen molar-refractivity contribution in [3.05, 3.63) is 42.2 Å². The van der Waals surface area contributed by atoms with Gasteiger partial charge in [-0.05, 0) is 18.6 Å². The summed E-state index contributed by atoms with van der Waals surface area (Å²) >= 11 is 0. The lowest BCUT2D eigenvalue weighted by Crippen LogP contribution is -1.95. The van der Waals surface area contributed by atoms with Crippen molar-refractivity contribution in [1.29, 1.82) is 0 Å². The number of hydrogen-bond acceptors (Lipinski definition) is 2. The summed E-state index contributed by atoms with van der Waals surface area (Å²) in [4.78, 5) is 0. The third kappa shape index (κ3) is 2.01. The molecule has 0 fully saturated rings. The maximum Gasteiger partial charge on any atom is 0.0858 e. The molecular weight excluding hydrogens is 186 g/mol. The lowest BCUT2D eigenvalue weighted by molar-refractivity contribution is 0.807. The van der Waals surface area contributed by atoms with Crippen LogP contribution in [0.15, 0.2) is 36.5 Å². The molecule has 2 rings (SSSR count). The second kappa shape index (κ2) is 4.17. The molecule has 0 aliphatic rings. The Bertz CT molecular complexity index is 431. The Labute approximate surface area is 89.5 Å². The van der Waals surface area contributed by atoms with Crippen LogP contribution in [0.5, 0.6) is 0 Å². The van der Waals surface area contributed by atoms with Gasteiger partial charge in [-0.1, -0.05) is 31.5 Å². The van der Waals surface area contributed by atoms with Gasteiger partial charge in [0.2, 0.25) is 0 Å². The molecule has 78 valence electrons. The number of nitrogens with two attached hydrogens (primary N) is 1. The first-order chi connectivity index (χ1) is 7.31. The molecule has 0 bridgehead atoms. The molecule has 0 amide bonds. The van der Waals surface area contributed by atoms with Gasteiger partial charge in [-0.25, -0.2) is 4.68 Å². The topological polar surface area (TPSA) is 43.8 Å². The number of benzene rings is 1. The zero-order valence-electron chi connectivity index (χ0n) is 8.85. The van der Waals surface area contributed by atoms with Crippen LogP contribution in [0.3, 0.4) is 0 Å². The summed E-state index contributed by atoms with van der Waals surface area (Å²) in [5.41, 5.74) is 8.69. The number of rotatable bonds is 3. The van der Waals surface area contributed by atoms with Crippen LogP contribution >= 0.6 is 0 Å². The predicted molar refractivity (Wildman–Crippen MR) is 62.0 cm³/mol. The molecule has 2 N–H and O–H groups in total. The Morgan fingerprint density at radius 3 is 2.67 bits per heavy atom. The fourth-order valence-corrected chi connectivity index (χ4v) is 1.57. The second-order valence-electron chi connectivity index (χ2n) is 3.56. The van der Waals surface area contributed by atoms with E-state index in [4.69, 9.17) is 5.73 Å². The normalized spacial score (nSPS) is 10.5. The molecule has 15 heavy (non-hydrogen) atoms. The van der Waals surface area contributed by atoms with Crippen LogP contribution in [-0.4, -0.2) is 9.78 Å². The van der Waals surface area contributed by atoms with Crippen LogP contribution in [-0.2, 0) is 6.42 Å². The van der Waals surface area contributed by atoms with Gasteiger partial charge in [0.05, 0.1) is 23.3 Å². The van der Waals surface area contributed by atoms with E-state index in [0.717, 1.165) is 29.9 Å². The van der Waals surface area contributed by atoms with E-state index in [1.54, 1.807) is 0 Å². The Morgan fingerprint density at radius 2 is 2.00 bits per heavy atom. The van der Waals surface area contributed by atoms with Crippen LogP contribution in [0.4, 0.5) is 5.69 Å². The molecule has 0 saturated carbocycles. The van der Waals surface area contributed by atoms with Gasteiger partial charge in [0.1, 0.15) is 0 Å². The van der Waals surface area contributed by atoms with Gasteiger partial charge in [-0.3, -0.25) is 0 Å². The first-order valence-corrected chi connectivity index (χ1v) is 5.20. The van der Waals surface area contributed by atoms with Gasteiger partial charge in [-0.2, -0.15) is 5.10 Å². The van der Waals surface area contributed by atoms with Crippen molar-refractivity contribution >= 4 is 5.69 Å². The van der Waals surface area contributed by atoms with Crippen molar-refractivity contribution in [3.8, 4) is 5.69 Å². The van der Waals surface area contributed by atoms with E-state index < -0.39 is 0 Å². The first kappa shape index (κ1) is 9.77. The first-order valence-electron chi connectivity index (χ1n) is 5.20. The van der Waals surface area contributed by atoms with Crippen LogP contribution in [0.25, 0.3) is 5.69 Å². The van der Waals surface area contributed by atoms with Crippen LogP contribution in [0, 0.1) is 0 Å². The quantitative estimate of drug-likeness (QED) is 0.828. The molecule has 0 aliphatic heterocycles. The minimum atomic E-state index is 0.778. The van der Waals surface area contributed by atoms with E-state index in [9.17, 15) is 0 Å². The highest BCUT2D eigenvalue weighted by Crippen LogP contribution is 2.15. The second-order valence-corrected chi connectivity index (χ2v) is 3.56. The van der Waals surface area contributed by atoms with Gasteiger partial charge in [0.25, 0.3) is 0 Å². The van der Waals surface area contributed by atoms with Crippen molar-refractivity contribution in [2.24, 2.45) is 0 Å². The van der Waals surface area contributed by atoms with E-state index in [1.165, 1.54) is 0 Å². The minimum Gasteiger partial charge on any atom is -0.396 e. The van der Waals surface area contributed by atoms with Gasteiger partial charge in [-0.15, -0.1) is 0 Å². The number of anilines is 1. The maximum absolute atomic E-state index is 5.88. The van der Waals surface area contributed by atoms with E-state index in [0.29, 0.717) is 0 Å². The third-order valence-electron chi connectivity index (χ3n) is 2.33. The van der Waals surface area contributed by atoms with Crippen LogP contribution in [0.2, 0.25) is 0 Å².